The van der Waals surface area contributed by atoms with Crippen LogP contribution < -0.4 is 5.73 Å². The first-order valence-corrected chi connectivity index (χ1v) is 4.75. The molecular weight excluding hydrogens is 199 g/mol. The quantitative estimate of drug-likeness (QED) is 0.615. The molecule has 1 rings (SSSR count). The predicted molar refractivity (Wildman–Crippen MR) is 54.9 cm³/mol. The van der Waals surface area contributed by atoms with Crippen LogP contribution in [0.1, 0.15) is 31.4 Å². The zero-order valence-corrected chi connectivity index (χ0v) is 8.44. The molecule has 0 heterocycles. The van der Waals surface area contributed by atoms with Crippen molar-refractivity contribution < 1.29 is 9.31 Å². The van der Waals surface area contributed by atoms with Crippen molar-refractivity contribution in [3.63, 3.8) is 0 Å². The minimum atomic E-state index is -0.617. The Hall–Kier alpha value is -1.49. The van der Waals surface area contributed by atoms with Crippen LogP contribution in [0.25, 0.3) is 0 Å². The van der Waals surface area contributed by atoms with Gasteiger partial charge >= 0.3 is 0 Å². The van der Waals surface area contributed by atoms with Gasteiger partial charge in [0.15, 0.2) is 0 Å². The maximum atomic E-state index is 12.8. The fraction of sp³-hybridized carbons (Fsp3) is 0.400. The molecule has 0 bridgehead atoms. The Labute approximate surface area is 87.0 Å². The summed E-state index contributed by atoms with van der Waals surface area (Å²) in [7, 11) is 0. The third-order valence-electron chi connectivity index (χ3n) is 2.19. The summed E-state index contributed by atoms with van der Waals surface area (Å²) in [5.41, 5.74) is 5.92. The molecule has 0 radical (unpaired) electrons. The van der Waals surface area contributed by atoms with E-state index in [0.717, 1.165) is 12.5 Å². The van der Waals surface area contributed by atoms with Gasteiger partial charge in [-0.3, -0.25) is 10.1 Å². The van der Waals surface area contributed by atoms with Crippen LogP contribution in [0.2, 0.25) is 0 Å². The van der Waals surface area contributed by atoms with Crippen LogP contribution in [-0.4, -0.2) is 4.92 Å². The molecular formula is C10H13FN2O2. The number of hydrogen-bond acceptors (Lipinski definition) is 3. The summed E-state index contributed by atoms with van der Waals surface area (Å²) in [5.74, 6) is -0.617. The summed E-state index contributed by atoms with van der Waals surface area (Å²) in [6.07, 6.45) is 1.47. The fourth-order valence-corrected chi connectivity index (χ4v) is 1.45. The van der Waals surface area contributed by atoms with Crippen LogP contribution in [0.15, 0.2) is 18.2 Å². The number of halogens is 1. The van der Waals surface area contributed by atoms with Crippen LogP contribution in [0.4, 0.5) is 10.1 Å². The van der Waals surface area contributed by atoms with Crippen LogP contribution >= 0.6 is 0 Å². The van der Waals surface area contributed by atoms with Crippen molar-refractivity contribution in [3.05, 3.63) is 39.7 Å². The number of nitrogens with zero attached hydrogens (tertiary/aromatic N) is 1. The molecule has 0 aliphatic rings. The van der Waals surface area contributed by atoms with E-state index in [1.807, 2.05) is 6.92 Å². The number of nitro benzene ring substituents is 1. The number of rotatable bonds is 4. The van der Waals surface area contributed by atoms with Crippen molar-refractivity contribution in [2.24, 2.45) is 5.73 Å². The van der Waals surface area contributed by atoms with Crippen molar-refractivity contribution in [2.45, 2.75) is 25.8 Å². The molecule has 82 valence electrons. The fourth-order valence-electron chi connectivity index (χ4n) is 1.45. The smallest absolute Gasteiger partial charge is 0.277 e. The molecule has 4 nitrogen and oxygen atoms in total. The summed E-state index contributed by atoms with van der Waals surface area (Å²) in [6, 6.07) is 3.08. The molecule has 0 fully saturated rings. The summed E-state index contributed by atoms with van der Waals surface area (Å²) >= 11 is 0. The lowest BCUT2D eigenvalue weighted by Gasteiger charge is -2.10. The van der Waals surface area contributed by atoms with Gasteiger partial charge in [-0.05, 0) is 18.6 Å². The first kappa shape index (κ1) is 11.6. The topological polar surface area (TPSA) is 69.2 Å². The maximum absolute atomic E-state index is 12.8. The Bertz CT molecular complexity index is 368. The minimum absolute atomic E-state index is 0.240. The molecule has 0 aliphatic carbocycles. The highest BCUT2D eigenvalue weighted by Gasteiger charge is 2.19. The normalized spacial score (nSPS) is 12.5. The van der Waals surface area contributed by atoms with E-state index in [1.165, 1.54) is 12.1 Å². The second-order valence-corrected chi connectivity index (χ2v) is 3.36. The van der Waals surface area contributed by atoms with Crippen LogP contribution in [0.3, 0.4) is 0 Å². The molecule has 0 aromatic heterocycles. The van der Waals surface area contributed by atoms with Crippen molar-refractivity contribution >= 4 is 5.69 Å². The van der Waals surface area contributed by atoms with Crippen LogP contribution in [0, 0.1) is 15.9 Å². The van der Waals surface area contributed by atoms with E-state index in [9.17, 15) is 14.5 Å². The van der Waals surface area contributed by atoms with Gasteiger partial charge < -0.3 is 5.73 Å². The van der Waals surface area contributed by atoms with Gasteiger partial charge in [-0.25, -0.2) is 4.39 Å². The Morgan fingerprint density at radius 1 is 1.60 bits per heavy atom. The summed E-state index contributed by atoms with van der Waals surface area (Å²) in [6.45, 7) is 1.94. The SMILES string of the molecule is CCC[C@H](N)c1ccc(F)cc1[N+](=O)[O-]. The molecule has 5 heteroatoms. The lowest BCUT2D eigenvalue weighted by molar-refractivity contribution is -0.385. The van der Waals surface area contributed by atoms with Gasteiger partial charge in [0.1, 0.15) is 5.82 Å². The van der Waals surface area contributed by atoms with Crippen molar-refractivity contribution in [2.75, 3.05) is 0 Å². The zero-order valence-electron chi connectivity index (χ0n) is 8.44. The molecule has 0 aliphatic heterocycles. The third-order valence-corrected chi connectivity index (χ3v) is 2.19. The lowest BCUT2D eigenvalue weighted by atomic mass is 10.0. The maximum Gasteiger partial charge on any atom is 0.277 e. The molecule has 1 aromatic carbocycles. The molecule has 15 heavy (non-hydrogen) atoms. The van der Waals surface area contributed by atoms with E-state index in [4.69, 9.17) is 5.73 Å². The van der Waals surface area contributed by atoms with Crippen molar-refractivity contribution in [1.82, 2.24) is 0 Å². The molecule has 1 aromatic rings. The minimum Gasteiger partial charge on any atom is -0.324 e. The highest BCUT2D eigenvalue weighted by molar-refractivity contribution is 5.42. The predicted octanol–water partition coefficient (Wildman–Crippen LogP) is 2.53. The number of nitro groups is 1. The summed E-state index contributed by atoms with van der Waals surface area (Å²) < 4.78 is 12.8. The van der Waals surface area contributed by atoms with Crippen LogP contribution in [0.5, 0.6) is 0 Å². The van der Waals surface area contributed by atoms with E-state index in [1.54, 1.807) is 0 Å². The second-order valence-electron chi connectivity index (χ2n) is 3.36. The third kappa shape index (κ3) is 2.73. The highest BCUT2D eigenvalue weighted by atomic mass is 19.1. The number of benzene rings is 1. The second kappa shape index (κ2) is 4.84. The standard InChI is InChI=1S/C10H13FN2O2/c1-2-3-9(12)8-5-4-7(11)6-10(8)13(14)15/h4-6,9H,2-3,12H2,1H3/t9-/m0/s1. The van der Waals surface area contributed by atoms with Crippen LogP contribution in [-0.2, 0) is 0 Å². The molecule has 0 saturated heterocycles. The number of nitrogens with two attached hydrogens (primary N) is 1. The Morgan fingerprint density at radius 2 is 2.27 bits per heavy atom. The molecule has 0 spiro atoms. The zero-order chi connectivity index (χ0) is 11.4. The number of hydrogen-bond donors (Lipinski definition) is 1. The first-order chi connectivity index (χ1) is 7.06. The summed E-state index contributed by atoms with van der Waals surface area (Å²) in [5, 5.41) is 10.7. The lowest BCUT2D eigenvalue weighted by Crippen LogP contribution is -2.12. The van der Waals surface area contributed by atoms with Gasteiger partial charge in [0.2, 0.25) is 0 Å². The van der Waals surface area contributed by atoms with Gasteiger partial charge in [0.05, 0.1) is 11.0 Å². The molecule has 1 atom stereocenters. The average Bonchev–Trinajstić information content (AvgIpc) is 2.17. The van der Waals surface area contributed by atoms with Gasteiger partial charge in [-0.15, -0.1) is 0 Å². The Morgan fingerprint density at radius 3 is 2.80 bits per heavy atom. The first-order valence-electron chi connectivity index (χ1n) is 4.75. The van der Waals surface area contributed by atoms with E-state index < -0.39 is 16.8 Å². The average molecular weight is 212 g/mol. The van der Waals surface area contributed by atoms with E-state index in [0.29, 0.717) is 12.0 Å². The molecule has 0 saturated carbocycles. The largest absolute Gasteiger partial charge is 0.324 e. The van der Waals surface area contributed by atoms with Gasteiger partial charge in [0.25, 0.3) is 5.69 Å². The monoisotopic (exact) mass is 212 g/mol. The van der Waals surface area contributed by atoms with E-state index in [2.05, 4.69) is 0 Å². The Kier molecular flexibility index (Phi) is 3.74. The van der Waals surface area contributed by atoms with Gasteiger partial charge in [0, 0.05) is 11.6 Å². The summed E-state index contributed by atoms with van der Waals surface area (Å²) in [4.78, 5) is 10.1. The van der Waals surface area contributed by atoms with E-state index in [-0.39, 0.29) is 5.69 Å². The molecule has 2 N–H and O–H groups in total. The molecule has 0 amide bonds. The van der Waals surface area contributed by atoms with Crippen molar-refractivity contribution in [3.8, 4) is 0 Å². The highest BCUT2D eigenvalue weighted by Crippen LogP contribution is 2.26. The van der Waals surface area contributed by atoms with Gasteiger partial charge in [-0.2, -0.15) is 0 Å². The van der Waals surface area contributed by atoms with Gasteiger partial charge in [-0.1, -0.05) is 13.3 Å². The Balaban J connectivity index is 3.10. The van der Waals surface area contributed by atoms with Crippen molar-refractivity contribution in [1.29, 1.82) is 0 Å². The molecule has 0 unspecified atom stereocenters. The van der Waals surface area contributed by atoms with E-state index >= 15 is 0 Å².